The Morgan fingerprint density at radius 2 is 1.35 bits per heavy atom. The largest absolute Gasteiger partial charge is 0.380 e. The van der Waals surface area contributed by atoms with Crippen molar-refractivity contribution in [2.45, 2.75) is 24.9 Å². The van der Waals surface area contributed by atoms with Crippen LogP contribution in [0.2, 0.25) is 0 Å². The topological polar surface area (TPSA) is 33.1 Å². The molecule has 3 rings (SSSR count). The van der Waals surface area contributed by atoms with Crippen LogP contribution in [0, 0.1) is 0 Å². The second kappa shape index (κ2) is 6.76. The molecule has 2 aromatic carbocycles. The Kier molecular flexibility index (Phi) is 4.54. The second-order valence-electron chi connectivity index (χ2n) is 5.74. The van der Waals surface area contributed by atoms with E-state index in [1.165, 1.54) is 0 Å². The summed E-state index contributed by atoms with van der Waals surface area (Å²) in [5.41, 5.74) is 1.83. The zero-order valence-electron chi connectivity index (χ0n) is 13.3. The molecule has 0 saturated heterocycles. The van der Waals surface area contributed by atoms with Gasteiger partial charge < -0.3 is 5.11 Å². The summed E-state index contributed by atoms with van der Waals surface area (Å²) in [6.07, 6.45) is 4.31. The van der Waals surface area contributed by atoms with Gasteiger partial charge in [-0.3, -0.25) is 4.98 Å². The fraction of sp³-hybridized carbons (Fsp3) is 0.190. The summed E-state index contributed by atoms with van der Waals surface area (Å²) in [4.78, 5) is 4.10. The molecular formula is C21H21NO. The van der Waals surface area contributed by atoms with Gasteiger partial charge in [0.1, 0.15) is 5.60 Å². The van der Waals surface area contributed by atoms with E-state index in [2.05, 4.69) is 24.0 Å². The minimum Gasteiger partial charge on any atom is -0.380 e. The molecule has 0 aliphatic carbocycles. The molecule has 2 nitrogen and oxygen atoms in total. The number of benzene rings is 2. The molecule has 1 N–H and O–H groups in total. The van der Waals surface area contributed by atoms with Gasteiger partial charge in [-0.25, -0.2) is 0 Å². The molecule has 0 fully saturated rings. The molecule has 0 aliphatic rings. The smallest absolute Gasteiger partial charge is 0.122 e. The second-order valence-corrected chi connectivity index (χ2v) is 5.74. The first-order valence-corrected chi connectivity index (χ1v) is 8.00. The van der Waals surface area contributed by atoms with Crippen molar-refractivity contribution in [3.8, 4) is 0 Å². The maximum Gasteiger partial charge on any atom is 0.122 e. The number of rotatable bonds is 5. The standard InChI is InChI=1S/C21H21NO/c1-2-20(17-9-5-3-6-10-17)21(23,18-11-7-4-8-12-18)19-13-15-22-16-14-19/h3-16,20,23H,2H2,1H3/t20-,21+/m0/s1. The summed E-state index contributed by atoms with van der Waals surface area (Å²) in [6, 6.07) is 23.9. The van der Waals surface area contributed by atoms with Gasteiger partial charge in [0, 0.05) is 18.3 Å². The molecule has 2 atom stereocenters. The number of hydrogen-bond acceptors (Lipinski definition) is 2. The lowest BCUT2D eigenvalue weighted by Crippen LogP contribution is -2.34. The van der Waals surface area contributed by atoms with Crippen LogP contribution < -0.4 is 0 Å². The molecule has 0 bridgehead atoms. The van der Waals surface area contributed by atoms with Gasteiger partial charge in [-0.2, -0.15) is 0 Å². The molecule has 1 aromatic heterocycles. The van der Waals surface area contributed by atoms with Crippen LogP contribution in [0.5, 0.6) is 0 Å². The third-order valence-corrected chi connectivity index (χ3v) is 4.45. The van der Waals surface area contributed by atoms with Gasteiger partial charge in [-0.1, -0.05) is 67.6 Å². The minimum absolute atomic E-state index is 0.0338. The molecule has 23 heavy (non-hydrogen) atoms. The fourth-order valence-electron chi connectivity index (χ4n) is 3.32. The Bertz CT molecular complexity index is 686. The average Bonchev–Trinajstić information content (AvgIpc) is 2.64. The highest BCUT2D eigenvalue weighted by Gasteiger charge is 2.39. The fourth-order valence-corrected chi connectivity index (χ4v) is 3.32. The zero-order valence-corrected chi connectivity index (χ0v) is 13.3. The Balaban J connectivity index is 2.19. The first-order chi connectivity index (χ1) is 11.3. The van der Waals surface area contributed by atoms with E-state index in [9.17, 15) is 5.11 Å². The molecule has 0 radical (unpaired) electrons. The van der Waals surface area contributed by atoms with Gasteiger partial charge in [0.15, 0.2) is 0 Å². The molecule has 0 aliphatic heterocycles. The van der Waals surface area contributed by atoms with Crippen LogP contribution in [0.1, 0.15) is 36.0 Å². The van der Waals surface area contributed by atoms with Gasteiger partial charge in [0.2, 0.25) is 0 Å². The molecular weight excluding hydrogens is 282 g/mol. The van der Waals surface area contributed by atoms with Gasteiger partial charge >= 0.3 is 0 Å². The van der Waals surface area contributed by atoms with Crippen LogP contribution in [-0.4, -0.2) is 10.1 Å². The van der Waals surface area contributed by atoms with Crippen LogP contribution >= 0.6 is 0 Å². The molecule has 2 heteroatoms. The normalized spacial score (nSPS) is 14.9. The lowest BCUT2D eigenvalue weighted by Gasteiger charge is -2.37. The van der Waals surface area contributed by atoms with Crippen molar-refractivity contribution in [3.05, 3.63) is 102 Å². The van der Waals surface area contributed by atoms with Gasteiger partial charge in [0.25, 0.3) is 0 Å². The van der Waals surface area contributed by atoms with Crippen molar-refractivity contribution in [1.82, 2.24) is 4.98 Å². The van der Waals surface area contributed by atoms with Gasteiger partial charge in [-0.15, -0.1) is 0 Å². The minimum atomic E-state index is -1.08. The molecule has 116 valence electrons. The molecule has 0 unspecified atom stereocenters. The first kappa shape index (κ1) is 15.4. The van der Waals surface area contributed by atoms with Crippen LogP contribution in [-0.2, 0) is 5.60 Å². The van der Waals surface area contributed by atoms with Crippen LogP contribution in [0.15, 0.2) is 85.2 Å². The maximum atomic E-state index is 11.8. The van der Waals surface area contributed by atoms with Crippen LogP contribution in [0.3, 0.4) is 0 Å². The third-order valence-electron chi connectivity index (χ3n) is 4.45. The summed E-state index contributed by atoms with van der Waals surface area (Å²) in [7, 11) is 0. The van der Waals surface area contributed by atoms with E-state index < -0.39 is 5.60 Å². The van der Waals surface area contributed by atoms with Crippen LogP contribution in [0.25, 0.3) is 0 Å². The van der Waals surface area contributed by atoms with Crippen molar-refractivity contribution < 1.29 is 5.11 Å². The van der Waals surface area contributed by atoms with E-state index in [4.69, 9.17) is 0 Å². The number of pyridine rings is 1. The highest BCUT2D eigenvalue weighted by atomic mass is 16.3. The van der Waals surface area contributed by atoms with Crippen molar-refractivity contribution in [3.63, 3.8) is 0 Å². The predicted molar refractivity (Wildman–Crippen MR) is 93.2 cm³/mol. The molecule has 0 spiro atoms. The predicted octanol–water partition coefficient (Wildman–Crippen LogP) is 4.51. The molecule has 0 amide bonds. The van der Waals surface area contributed by atoms with Crippen molar-refractivity contribution in [1.29, 1.82) is 0 Å². The highest BCUT2D eigenvalue weighted by molar-refractivity contribution is 5.41. The van der Waals surface area contributed by atoms with E-state index in [-0.39, 0.29) is 5.92 Å². The van der Waals surface area contributed by atoms with E-state index in [1.807, 2.05) is 60.7 Å². The van der Waals surface area contributed by atoms with E-state index in [0.717, 1.165) is 23.1 Å². The summed E-state index contributed by atoms with van der Waals surface area (Å²) in [5.74, 6) is -0.0338. The van der Waals surface area contributed by atoms with E-state index in [0.29, 0.717) is 0 Å². The zero-order chi connectivity index (χ0) is 16.1. The lowest BCUT2D eigenvalue weighted by molar-refractivity contribution is 0.0476. The number of aromatic nitrogens is 1. The van der Waals surface area contributed by atoms with Crippen LogP contribution in [0.4, 0.5) is 0 Å². The molecule has 3 aromatic rings. The average molecular weight is 303 g/mol. The third kappa shape index (κ3) is 2.90. The monoisotopic (exact) mass is 303 g/mol. The van der Waals surface area contributed by atoms with Crippen molar-refractivity contribution in [2.75, 3.05) is 0 Å². The summed E-state index contributed by atoms with van der Waals surface area (Å²) in [5, 5.41) is 11.8. The summed E-state index contributed by atoms with van der Waals surface area (Å²) < 4.78 is 0. The first-order valence-electron chi connectivity index (χ1n) is 8.00. The Morgan fingerprint density at radius 3 is 1.91 bits per heavy atom. The molecule has 1 heterocycles. The Hall–Kier alpha value is -2.45. The van der Waals surface area contributed by atoms with Crippen molar-refractivity contribution in [2.24, 2.45) is 0 Å². The SMILES string of the molecule is CC[C@@H](c1ccccc1)[C@@](O)(c1ccccc1)c1ccncc1. The van der Waals surface area contributed by atoms with Gasteiger partial charge in [-0.05, 0) is 35.2 Å². The number of aliphatic hydroxyl groups is 1. The summed E-state index contributed by atoms with van der Waals surface area (Å²) in [6.45, 7) is 2.12. The van der Waals surface area contributed by atoms with E-state index in [1.54, 1.807) is 12.4 Å². The van der Waals surface area contributed by atoms with Crippen molar-refractivity contribution >= 4 is 0 Å². The Morgan fingerprint density at radius 1 is 0.826 bits per heavy atom. The lowest BCUT2D eigenvalue weighted by atomic mass is 9.72. The quantitative estimate of drug-likeness (QED) is 0.752. The maximum absolute atomic E-state index is 11.8. The van der Waals surface area contributed by atoms with E-state index >= 15 is 0 Å². The highest BCUT2D eigenvalue weighted by Crippen LogP contribution is 2.44. The summed E-state index contributed by atoms with van der Waals surface area (Å²) >= 11 is 0. The number of nitrogens with zero attached hydrogens (tertiary/aromatic N) is 1. The Labute approximate surface area is 137 Å². The van der Waals surface area contributed by atoms with Gasteiger partial charge in [0.05, 0.1) is 0 Å². The molecule has 0 saturated carbocycles. The number of hydrogen-bond donors (Lipinski definition) is 1.